The van der Waals surface area contributed by atoms with E-state index in [1.807, 2.05) is 0 Å². The Hall–Kier alpha value is -3.38. The maximum Gasteiger partial charge on any atom is 0.344 e. The van der Waals surface area contributed by atoms with Gasteiger partial charge in [0, 0.05) is 12.1 Å². The topological polar surface area (TPSA) is 128 Å². The summed E-state index contributed by atoms with van der Waals surface area (Å²) in [5, 5.41) is 0. The van der Waals surface area contributed by atoms with Gasteiger partial charge in [0.2, 0.25) is 0 Å². The predicted octanol–water partition coefficient (Wildman–Crippen LogP) is 7.03. The molecule has 0 spiro atoms. The lowest BCUT2D eigenvalue weighted by Crippen LogP contribution is -2.58. The van der Waals surface area contributed by atoms with Crippen molar-refractivity contribution >= 4 is 33.0 Å². The van der Waals surface area contributed by atoms with Gasteiger partial charge in [-0.15, -0.1) is 0 Å². The van der Waals surface area contributed by atoms with Gasteiger partial charge in [-0.3, -0.25) is 4.79 Å². The number of rotatable bonds is 10. The Bertz CT molecular complexity index is 1870. The highest BCUT2D eigenvalue weighted by Gasteiger charge is 2.59. The first kappa shape index (κ1) is 37.5. The van der Waals surface area contributed by atoms with Crippen LogP contribution in [0, 0.1) is 55.3 Å². The Labute approximate surface area is 321 Å². The molecule has 54 heavy (non-hydrogen) atoms. The van der Waals surface area contributed by atoms with E-state index in [2.05, 4.69) is 93.6 Å². The lowest BCUT2D eigenvalue weighted by molar-refractivity contribution is -0.204. The van der Waals surface area contributed by atoms with Crippen LogP contribution >= 0.6 is 0 Å². The molecule has 288 valence electrons. The van der Waals surface area contributed by atoms with E-state index in [-0.39, 0.29) is 47.2 Å². The zero-order valence-electron chi connectivity index (χ0n) is 31.2. The first-order valence-electron chi connectivity index (χ1n) is 19.4. The molecule has 0 aromatic heterocycles. The fourth-order valence-corrected chi connectivity index (χ4v) is 13.6. The molecule has 6 bridgehead atoms. The maximum atomic E-state index is 13.0. The van der Waals surface area contributed by atoms with Gasteiger partial charge in [-0.2, -0.15) is 0 Å². The van der Waals surface area contributed by atoms with E-state index in [4.69, 9.17) is 18.9 Å². The monoisotopic (exact) mass is 774 g/mol. The van der Waals surface area contributed by atoms with Crippen LogP contribution in [-0.2, 0) is 44.8 Å². The van der Waals surface area contributed by atoms with Gasteiger partial charge in [-0.05, 0) is 143 Å². The Morgan fingerprint density at radius 2 is 1.37 bits per heavy atom. The number of carbonyl (C=O) groups excluding carboxylic acids is 2. The largest absolute Gasteiger partial charge is 0.748 e. The molecule has 3 aromatic carbocycles. The van der Waals surface area contributed by atoms with Crippen molar-refractivity contribution in [1.29, 1.82) is 0 Å². The minimum absolute atomic E-state index is 0.0357. The number of hydrogen-bond acceptors (Lipinski definition) is 9. The summed E-state index contributed by atoms with van der Waals surface area (Å²) in [4.78, 5) is 28.2. The quantitative estimate of drug-likeness (QED) is 0.121. The number of aryl methyl sites for hydroxylation is 2. The third-order valence-corrected chi connectivity index (χ3v) is 15.9. The van der Waals surface area contributed by atoms with Crippen LogP contribution in [0.5, 0.6) is 5.75 Å². The molecule has 1 saturated heterocycles. The molecule has 6 aliphatic carbocycles. The van der Waals surface area contributed by atoms with Gasteiger partial charge in [0.15, 0.2) is 21.3 Å². The average molecular weight is 775 g/mol. The van der Waals surface area contributed by atoms with Gasteiger partial charge in [0.05, 0.1) is 23.6 Å². The zero-order valence-corrected chi connectivity index (χ0v) is 32.8. The first-order valence-corrected chi connectivity index (χ1v) is 22.2. The molecule has 0 N–H and O–H groups in total. The molecule has 7 aliphatic rings. The fraction of sp³-hybridized carbons (Fsp3) is 0.535. The van der Waals surface area contributed by atoms with Crippen LogP contribution in [0.3, 0.4) is 0 Å². The lowest BCUT2D eigenvalue weighted by atomic mass is 9.50. The third kappa shape index (κ3) is 7.58. The normalized spacial score (nSPS) is 32.6. The predicted molar refractivity (Wildman–Crippen MR) is 202 cm³/mol. The number of carbonyl (C=O) groups is 2. The second kappa shape index (κ2) is 14.9. The summed E-state index contributed by atoms with van der Waals surface area (Å²) in [6.07, 6.45) is 7.81. The molecule has 5 atom stereocenters. The van der Waals surface area contributed by atoms with E-state index < -0.39 is 21.8 Å². The molecule has 11 heteroatoms. The Kier molecular flexibility index (Phi) is 10.4. The van der Waals surface area contributed by atoms with Crippen molar-refractivity contribution in [3.05, 3.63) is 83.9 Å². The minimum atomic E-state index is -4.56. The fourth-order valence-electron chi connectivity index (χ4n) is 11.0. The van der Waals surface area contributed by atoms with E-state index >= 15 is 0 Å². The smallest absolute Gasteiger partial charge is 0.344 e. The van der Waals surface area contributed by atoms with E-state index in [9.17, 15) is 22.6 Å². The highest BCUT2D eigenvalue weighted by atomic mass is 32.2. The molecule has 1 aliphatic heterocycles. The van der Waals surface area contributed by atoms with Crippen LogP contribution < -0.4 is 4.74 Å². The zero-order chi connectivity index (χ0) is 37.8. The van der Waals surface area contributed by atoms with E-state index in [1.165, 1.54) is 46.8 Å². The van der Waals surface area contributed by atoms with Crippen LogP contribution in [0.4, 0.5) is 0 Å². The summed E-state index contributed by atoms with van der Waals surface area (Å²) >= 11 is 0. The Morgan fingerprint density at radius 1 is 0.796 bits per heavy atom. The Balaban J connectivity index is 0.000000202. The van der Waals surface area contributed by atoms with E-state index in [1.54, 1.807) is 0 Å². The SMILES string of the molecule is Cc1cc([S+](c2ccccc2)c2ccccc2)cc(C)c1OCC(=O)OC1(C)C2CC3CC(C2)CC1C3.O=C(CS(=O)(=O)[O-])OC1C2CC3COC1C3C2. The van der Waals surface area contributed by atoms with Gasteiger partial charge in [-0.1, -0.05) is 36.4 Å². The summed E-state index contributed by atoms with van der Waals surface area (Å²) in [6.45, 7) is 7.02. The molecule has 7 fully saturated rings. The van der Waals surface area contributed by atoms with Gasteiger partial charge < -0.3 is 23.5 Å². The highest BCUT2D eigenvalue weighted by Crippen LogP contribution is 2.59. The molecular weight excluding hydrogens is 725 g/mol. The molecule has 0 amide bonds. The van der Waals surface area contributed by atoms with Crippen molar-refractivity contribution in [3.8, 4) is 5.75 Å². The van der Waals surface area contributed by atoms with Crippen molar-refractivity contribution < 1.29 is 41.5 Å². The summed E-state index contributed by atoms with van der Waals surface area (Å²) in [7, 11) is -4.77. The molecule has 3 aromatic rings. The lowest BCUT2D eigenvalue weighted by Gasteiger charge is -2.59. The molecule has 0 radical (unpaired) electrons. The summed E-state index contributed by atoms with van der Waals surface area (Å²) in [5.41, 5.74) is 1.78. The van der Waals surface area contributed by atoms with Crippen molar-refractivity contribution in [3.63, 3.8) is 0 Å². The van der Waals surface area contributed by atoms with Crippen molar-refractivity contribution in [1.82, 2.24) is 0 Å². The van der Waals surface area contributed by atoms with E-state index in [0.717, 1.165) is 41.6 Å². The van der Waals surface area contributed by atoms with Crippen LogP contribution in [-0.4, -0.2) is 61.7 Å². The van der Waals surface area contributed by atoms with Crippen LogP contribution in [0.25, 0.3) is 0 Å². The number of hydrogen-bond donors (Lipinski definition) is 0. The molecule has 9 nitrogen and oxygen atoms in total. The molecular formula is C43H50O9S2. The maximum absolute atomic E-state index is 13.0. The summed E-state index contributed by atoms with van der Waals surface area (Å²) in [5.74, 6) is 2.55. The summed E-state index contributed by atoms with van der Waals surface area (Å²) < 4.78 is 54.4. The summed E-state index contributed by atoms with van der Waals surface area (Å²) in [6, 6.07) is 25.8. The highest BCUT2D eigenvalue weighted by molar-refractivity contribution is 7.97. The third-order valence-electron chi connectivity index (χ3n) is 13.1. The number of ether oxygens (including phenoxy) is 4. The number of benzene rings is 3. The second-order valence-corrected chi connectivity index (χ2v) is 20.1. The van der Waals surface area contributed by atoms with Crippen molar-refractivity contribution in [2.45, 2.75) is 98.2 Å². The molecule has 6 saturated carbocycles. The average Bonchev–Trinajstić information content (AvgIpc) is 3.77. The van der Waals surface area contributed by atoms with Crippen LogP contribution in [0.2, 0.25) is 0 Å². The van der Waals surface area contributed by atoms with Gasteiger partial charge >= 0.3 is 11.9 Å². The Morgan fingerprint density at radius 3 is 1.93 bits per heavy atom. The second-order valence-electron chi connectivity index (χ2n) is 16.7. The van der Waals surface area contributed by atoms with Gasteiger partial charge in [0.25, 0.3) is 0 Å². The van der Waals surface area contributed by atoms with Crippen LogP contribution in [0.15, 0.2) is 87.5 Å². The minimum Gasteiger partial charge on any atom is -0.748 e. The van der Waals surface area contributed by atoms with E-state index in [0.29, 0.717) is 30.3 Å². The first-order chi connectivity index (χ1) is 25.8. The molecule has 10 rings (SSSR count). The molecule has 5 unspecified atom stereocenters. The van der Waals surface area contributed by atoms with Crippen molar-refractivity contribution in [2.24, 2.45) is 41.4 Å². The van der Waals surface area contributed by atoms with Gasteiger partial charge in [-0.25, -0.2) is 13.2 Å². The van der Waals surface area contributed by atoms with Gasteiger partial charge in [0.1, 0.15) is 33.3 Å². The van der Waals surface area contributed by atoms with Crippen LogP contribution in [0.1, 0.15) is 63.0 Å². The number of esters is 2. The standard InChI is InChI=1S/C33H37O3S.C10H14O6S/c1-22-14-30(37(28-10-6-4-7-11-28)29-12-8-5-9-13-29)15-23(2)32(22)35-21-31(34)36-33(3)26-17-24-16-25(19-26)20-27(33)18-24;11-8(4-17(12,13)14)16-9-5-1-6-3-15-10(9)7(6)2-5/h4-15,24-27H,16-21H2,1-3H3;5-7,9-10H,1-4H2,(H,12,13,14)/q+1;/p-1. The number of fused-ring (bicyclic) bond motifs is 1. The van der Waals surface area contributed by atoms with Crippen molar-refractivity contribution in [2.75, 3.05) is 19.0 Å². The molecule has 1 heterocycles.